The molecule has 132 valence electrons. The maximum atomic E-state index is 12.8. The molecule has 0 spiro atoms. The molecule has 0 aromatic heterocycles. The third kappa shape index (κ3) is 4.35. The first kappa shape index (κ1) is 18.9. The van der Waals surface area contributed by atoms with Crippen LogP contribution < -0.4 is 4.90 Å². The number of nitriles is 1. The van der Waals surface area contributed by atoms with Crippen LogP contribution in [0.25, 0.3) is 0 Å². The molecule has 1 saturated heterocycles. The lowest BCUT2D eigenvalue weighted by Crippen LogP contribution is -3.15. The first-order valence-corrected chi connectivity index (χ1v) is 10.2. The van der Waals surface area contributed by atoms with Gasteiger partial charge in [-0.2, -0.15) is 9.57 Å². The lowest BCUT2D eigenvalue weighted by atomic mass is 9.99. The van der Waals surface area contributed by atoms with E-state index in [0.29, 0.717) is 23.9 Å². The first-order valence-electron chi connectivity index (χ1n) is 8.71. The Hall–Kier alpha value is -1.42. The summed E-state index contributed by atoms with van der Waals surface area (Å²) in [5.41, 5.74) is 1.18. The van der Waals surface area contributed by atoms with E-state index in [1.165, 1.54) is 10.5 Å². The Kier molecular flexibility index (Phi) is 6.39. The molecule has 2 rings (SSSR count). The summed E-state index contributed by atoms with van der Waals surface area (Å²) < 4.78 is 27.1. The molecule has 1 aliphatic heterocycles. The Labute approximate surface area is 145 Å². The number of rotatable bonds is 6. The normalized spacial score (nSPS) is 19.6. The smallest absolute Gasteiger partial charge is 0.243 e. The minimum atomic E-state index is -3.41. The molecule has 1 N–H and O–H groups in total. The maximum Gasteiger partial charge on any atom is 0.243 e. The summed E-state index contributed by atoms with van der Waals surface area (Å²) in [7, 11) is -3.41. The molecule has 2 atom stereocenters. The van der Waals surface area contributed by atoms with Crippen molar-refractivity contribution in [1.82, 2.24) is 4.31 Å². The predicted molar refractivity (Wildman–Crippen MR) is 94.2 cm³/mol. The zero-order valence-electron chi connectivity index (χ0n) is 14.8. The van der Waals surface area contributed by atoms with Gasteiger partial charge in [0.05, 0.1) is 49.6 Å². The quantitative estimate of drug-likeness (QED) is 0.840. The molecule has 24 heavy (non-hydrogen) atoms. The minimum absolute atomic E-state index is 0.0104. The van der Waals surface area contributed by atoms with Crippen molar-refractivity contribution in [1.29, 1.82) is 5.26 Å². The zero-order chi connectivity index (χ0) is 17.7. The molecule has 0 amide bonds. The van der Waals surface area contributed by atoms with Gasteiger partial charge in [0.25, 0.3) is 0 Å². The Morgan fingerprint density at radius 3 is 2.29 bits per heavy atom. The van der Waals surface area contributed by atoms with Crippen LogP contribution in [0.1, 0.15) is 38.7 Å². The van der Waals surface area contributed by atoms with Crippen LogP contribution in [0.3, 0.4) is 0 Å². The second kappa shape index (κ2) is 8.11. The van der Waals surface area contributed by atoms with Crippen LogP contribution in [-0.4, -0.2) is 45.4 Å². The molecule has 6 heteroatoms. The summed E-state index contributed by atoms with van der Waals surface area (Å²) in [6.07, 6.45) is 1.04. The maximum absolute atomic E-state index is 12.8. The van der Waals surface area contributed by atoms with Gasteiger partial charge in [0.1, 0.15) is 0 Å². The molecular formula is C18H28N3O2S+. The largest absolute Gasteiger partial charge is 0.332 e. The van der Waals surface area contributed by atoms with E-state index < -0.39 is 10.0 Å². The summed E-state index contributed by atoms with van der Waals surface area (Å²) >= 11 is 0. The number of nitrogens with zero attached hydrogens (tertiary/aromatic N) is 2. The van der Waals surface area contributed by atoms with Crippen molar-refractivity contribution in [3.05, 3.63) is 29.8 Å². The highest BCUT2D eigenvalue weighted by Crippen LogP contribution is 2.22. The molecule has 0 aliphatic carbocycles. The molecule has 1 aliphatic rings. The molecule has 1 aromatic carbocycles. The number of sulfonamides is 1. The number of benzene rings is 1. The second-order valence-corrected chi connectivity index (χ2v) is 8.70. The van der Waals surface area contributed by atoms with Crippen LogP contribution >= 0.6 is 0 Å². The molecule has 0 saturated carbocycles. The van der Waals surface area contributed by atoms with Gasteiger partial charge < -0.3 is 4.90 Å². The van der Waals surface area contributed by atoms with E-state index in [-0.39, 0.29) is 5.92 Å². The summed E-state index contributed by atoms with van der Waals surface area (Å²) in [5.74, 6) is 0.451. The number of quaternary nitrogens is 1. The van der Waals surface area contributed by atoms with E-state index in [0.717, 1.165) is 26.1 Å². The fourth-order valence-corrected chi connectivity index (χ4v) is 4.52. The molecule has 0 bridgehead atoms. The predicted octanol–water partition coefficient (Wildman–Crippen LogP) is 1.25. The minimum Gasteiger partial charge on any atom is -0.332 e. The first-order chi connectivity index (χ1) is 11.4. The molecule has 1 aromatic rings. The highest BCUT2D eigenvalue weighted by molar-refractivity contribution is 7.89. The summed E-state index contributed by atoms with van der Waals surface area (Å²) in [4.78, 5) is 1.69. The molecule has 1 fully saturated rings. The number of hydrogen-bond donors (Lipinski definition) is 1. The SMILES string of the molecule is CC[C@H](C)c1ccc(S(=O)(=O)N2CC[NH+](C[C@@H](C)C#N)CC2)cc1. The third-order valence-corrected chi connectivity index (χ3v) is 6.86. The van der Waals surface area contributed by atoms with Crippen molar-refractivity contribution < 1.29 is 13.3 Å². The van der Waals surface area contributed by atoms with Gasteiger partial charge in [0.2, 0.25) is 10.0 Å². The van der Waals surface area contributed by atoms with Crippen LogP contribution in [0.15, 0.2) is 29.2 Å². The van der Waals surface area contributed by atoms with Crippen molar-refractivity contribution in [2.24, 2.45) is 5.92 Å². The van der Waals surface area contributed by atoms with Crippen molar-refractivity contribution in [2.45, 2.75) is 38.0 Å². The fourth-order valence-electron chi connectivity index (χ4n) is 3.08. The van der Waals surface area contributed by atoms with Gasteiger partial charge in [0.15, 0.2) is 0 Å². The molecular weight excluding hydrogens is 322 g/mol. The Balaban J connectivity index is 2.03. The van der Waals surface area contributed by atoms with Gasteiger partial charge >= 0.3 is 0 Å². The molecule has 0 radical (unpaired) electrons. The van der Waals surface area contributed by atoms with Gasteiger partial charge in [-0.15, -0.1) is 0 Å². The van der Waals surface area contributed by atoms with Crippen LogP contribution in [0.5, 0.6) is 0 Å². The van der Waals surface area contributed by atoms with Gasteiger partial charge in [0, 0.05) is 0 Å². The number of nitrogens with one attached hydrogen (secondary N) is 1. The van der Waals surface area contributed by atoms with Crippen molar-refractivity contribution in [2.75, 3.05) is 32.7 Å². The van der Waals surface area contributed by atoms with E-state index >= 15 is 0 Å². The van der Waals surface area contributed by atoms with E-state index in [1.807, 2.05) is 19.1 Å². The van der Waals surface area contributed by atoms with E-state index in [2.05, 4.69) is 19.9 Å². The average molecular weight is 351 g/mol. The highest BCUT2D eigenvalue weighted by Gasteiger charge is 2.30. The van der Waals surface area contributed by atoms with Crippen LogP contribution in [-0.2, 0) is 10.0 Å². The zero-order valence-corrected chi connectivity index (χ0v) is 15.6. The highest BCUT2D eigenvalue weighted by atomic mass is 32.2. The van der Waals surface area contributed by atoms with E-state index in [4.69, 9.17) is 5.26 Å². The lowest BCUT2D eigenvalue weighted by molar-refractivity contribution is -0.905. The van der Waals surface area contributed by atoms with E-state index in [1.54, 1.807) is 16.4 Å². The Bertz CT molecular complexity index is 671. The van der Waals surface area contributed by atoms with Crippen molar-refractivity contribution in [3.63, 3.8) is 0 Å². The topological polar surface area (TPSA) is 65.6 Å². The van der Waals surface area contributed by atoms with Gasteiger partial charge in [-0.25, -0.2) is 8.42 Å². The van der Waals surface area contributed by atoms with Gasteiger partial charge in [-0.05, 0) is 37.0 Å². The van der Waals surface area contributed by atoms with Crippen molar-refractivity contribution >= 4 is 10.0 Å². The monoisotopic (exact) mass is 350 g/mol. The molecule has 5 nitrogen and oxygen atoms in total. The Morgan fingerprint density at radius 2 is 1.79 bits per heavy atom. The molecule has 0 unspecified atom stereocenters. The van der Waals surface area contributed by atoms with Gasteiger partial charge in [-0.3, -0.25) is 0 Å². The number of piperazine rings is 1. The molecule has 1 heterocycles. The average Bonchev–Trinajstić information content (AvgIpc) is 2.61. The summed E-state index contributed by atoms with van der Waals surface area (Å²) in [5, 5.41) is 8.90. The van der Waals surface area contributed by atoms with Crippen LogP contribution in [0, 0.1) is 17.2 Å². The van der Waals surface area contributed by atoms with Gasteiger partial charge in [-0.1, -0.05) is 26.0 Å². The second-order valence-electron chi connectivity index (χ2n) is 6.77. The number of hydrogen-bond acceptors (Lipinski definition) is 3. The Morgan fingerprint density at radius 1 is 1.21 bits per heavy atom. The van der Waals surface area contributed by atoms with Crippen LogP contribution in [0.2, 0.25) is 0 Å². The standard InChI is InChI=1S/C18H27N3O2S/c1-4-16(3)17-5-7-18(8-6-17)24(22,23)21-11-9-20(10-12-21)14-15(2)13-19/h5-8,15-16H,4,9-12,14H2,1-3H3/p+1/t15-,16-/m0/s1. The van der Waals surface area contributed by atoms with Crippen LogP contribution in [0.4, 0.5) is 0 Å². The fraction of sp³-hybridized carbons (Fsp3) is 0.611. The van der Waals surface area contributed by atoms with E-state index in [9.17, 15) is 8.42 Å². The summed E-state index contributed by atoms with van der Waals surface area (Å²) in [6.45, 7) is 9.53. The third-order valence-electron chi connectivity index (χ3n) is 4.94. The lowest BCUT2D eigenvalue weighted by Gasteiger charge is -2.32. The van der Waals surface area contributed by atoms with Crippen molar-refractivity contribution in [3.8, 4) is 6.07 Å². The summed E-state index contributed by atoms with van der Waals surface area (Å²) in [6, 6.07) is 9.56.